The zero-order valence-electron chi connectivity index (χ0n) is 14.5. The Morgan fingerprint density at radius 3 is 2.40 bits per heavy atom. The van der Waals surface area contributed by atoms with Gasteiger partial charge in [0.25, 0.3) is 0 Å². The lowest BCUT2D eigenvalue weighted by Crippen LogP contribution is -2.37. The molecule has 1 N–H and O–H groups in total. The summed E-state index contributed by atoms with van der Waals surface area (Å²) in [6.07, 6.45) is 1.97. The number of aryl methyl sites for hydroxylation is 1. The van der Waals surface area contributed by atoms with E-state index < -0.39 is 15.9 Å². The first kappa shape index (κ1) is 18.8. The van der Waals surface area contributed by atoms with E-state index in [4.69, 9.17) is 4.74 Å². The number of amides is 1. The van der Waals surface area contributed by atoms with Crippen molar-refractivity contribution in [3.63, 3.8) is 0 Å². The first-order valence-corrected chi connectivity index (χ1v) is 9.69. The minimum atomic E-state index is -3.62. The second-order valence-electron chi connectivity index (χ2n) is 5.57. The number of anilines is 2. The Bertz CT molecular complexity index is 832. The van der Waals surface area contributed by atoms with Crippen molar-refractivity contribution < 1.29 is 17.9 Å². The molecule has 7 heteroatoms. The Hall–Kier alpha value is -2.54. The molecule has 2 rings (SSSR count). The van der Waals surface area contributed by atoms with Gasteiger partial charge in [0.05, 0.1) is 19.1 Å². The summed E-state index contributed by atoms with van der Waals surface area (Å²) in [6.45, 7) is 1.73. The van der Waals surface area contributed by atoms with E-state index in [1.807, 2.05) is 19.1 Å². The van der Waals surface area contributed by atoms with Gasteiger partial charge in [0.2, 0.25) is 15.9 Å². The molecular formula is C18H22N2O4S. The van der Waals surface area contributed by atoms with Gasteiger partial charge in [-0.2, -0.15) is 0 Å². The van der Waals surface area contributed by atoms with Crippen LogP contribution in [-0.2, 0) is 21.2 Å². The Morgan fingerprint density at radius 1 is 1.16 bits per heavy atom. The Balaban J connectivity index is 2.17. The number of benzene rings is 2. The molecule has 134 valence electrons. The molecule has 0 aliphatic heterocycles. The van der Waals surface area contributed by atoms with Gasteiger partial charge in [-0.1, -0.05) is 25.1 Å². The number of carbonyl (C=O) groups is 1. The minimum absolute atomic E-state index is 0.318. The Kier molecular flexibility index (Phi) is 6.03. The molecule has 0 radical (unpaired) electrons. The van der Waals surface area contributed by atoms with E-state index in [-0.39, 0.29) is 6.54 Å². The van der Waals surface area contributed by atoms with Gasteiger partial charge in [-0.05, 0) is 36.2 Å². The highest BCUT2D eigenvalue weighted by Gasteiger charge is 2.21. The van der Waals surface area contributed by atoms with Gasteiger partial charge in [-0.3, -0.25) is 9.10 Å². The molecule has 0 unspecified atom stereocenters. The van der Waals surface area contributed by atoms with Crippen LogP contribution in [0.15, 0.2) is 48.5 Å². The van der Waals surface area contributed by atoms with Gasteiger partial charge in [0, 0.05) is 11.8 Å². The summed E-state index contributed by atoms with van der Waals surface area (Å²) in [6, 6.07) is 14.0. The maximum atomic E-state index is 12.3. The third-order valence-electron chi connectivity index (χ3n) is 3.67. The van der Waals surface area contributed by atoms with Gasteiger partial charge in [-0.15, -0.1) is 0 Å². The lowest BCUT2D eigenvalue weighted by Gasteiger charge is -2.22. The van der Waals surface area contributed by atoms with Crippen LogP contribution in [0.3, 0.4) is 0 Å². The topological polar surface area (TPSA) is 75.7 Å². The van der Waals surface area contributed by atoms with E-state index in [0.29, 0.717) is 17.1 Å². The fourth-order valence-corrected chi connectivity index (χ4v) is 3.17. The Labute approximate surface area is 148 Å². The molecule has 0 saturated heterocycles. The molecule has 0 aromatic heterocycles. The van der Waals surface area contributed by atoms with Crippen LogP contribution in [0, 0.1) is 0 Å². The van der Waals surface area contributed by atoms with Gasteiger partial charge in [0.15, 0.2) is 0 Å². The normalized spacial score (nSPS) is 11.0. The van der Waals surface area contributed by atoms with E-state index in [2.05, 4.69) is 5.32 Å². The van der Waals surface area contributed by atoms with E-state index in [1.54, 1.807) is 36.4 Å². The quantitative estimate of drug-likeness (QED) is 0.822. The molecule has 0 saturated carbocycles. The van der Waals surface area contributed by atoms with Crippen molar-refractivity contribution in [3.8, 4) is 5.75 Å². The molecule has 0 bridgehead atoms. The predicted octanol–water partition coefficient (Wildman–Crippen LogP) is 2.66. The fourth-order valence-electron chi connectivity index (χ4n) is 2.32. The summed E-state index contributed by atoms with van der Waals surface area (Å²) in [5.74, 6) is 0.0965. The molecule has 25 heavy (non-hydrogen) atoms. The average Bonchev–Trinajstić information content (AvgIpc) is 2.59. The monoisotopic (exact) mass is 362 g/mol. The SMILES string of the molecule is CCc1ccc(NC(=O)CN(c2cccc(OC)c2)S(C)(=O)=O)cc1. The van der Waals surface area contributed by atoms with E-state index in [1.165, 1.54) is 7.11 Å². The second-order valence-corrected chi connectivity index (χ2v) is 7.48. The summed E-state index contributed by atoms with van der Waals surface area (Å²) in [4.78, 5) is 12.3. The summed E-state index contributed by atoms with van der Waals surface area (Å²) in [5.41, 5.74) is 2.16. The van der Waals surface area contributed by atoms with E-state index in [9.17, 15) is 13.2 Å². The highest BCUT2D eigenvalue weighted by molar-refractivity contribution is 7.92. The first-order valence-electron chi connectivity index (χ1n) is 7.84. The number of hydrogen-bond acceptors (Lipinski definition) is 4. The number of hydrogen-bond donors (Lipinski definition) is 1. The number of nitrogens with zero attached hydrogens (tertiary/aromatic N) is 1. The van der Waals surface area contributed by atoms with Gasteiger partial charge >= 0.3 is 0 Å². The van der Waals surface area contributed by atoms with Crippen LogP contribution in [0.25, 0.3) is 0 Å². The van der Waals surface area contributed by atoms with Crippen molar-refractivity contribution >= 4 is 27.3 Å². The first-order chi connectivity index (χ1) is 11.8. The van der Waals surface area contributed by atoms with Crippen molar-refractivity contribution in [2.24, 2.45) is 0 Å². The Morgan fingerprint density at radius 2 is 1.84 bits per heavy atom. The molecule has 2 aromatic rings. The van der Waals surface area contributed by atoms with Gasteiger partial charge in [-0.25, -0.2) is 8.42 Å². The summed E-state index contributed by atoms with van der Waals surface area (Å²) in [5, 5.41) is 2.72. The third kappa shape index (κ3) is 5.22. The number of rotatable bonds is 7. The molecule has 0 fully saturated rings. The molecule has 0 atom stereocenters. The van der Waals surface area contributed by atoms with Crippen molar-refractivity contribution in [1.82, 2.24) is 0 Å². The van der Waals surface area contributed by atoms with Crippen LogP contribution in [0.2, 0.25) is 0 Å². The number of methoxy groups -OCH3 is 1. The van der Waals surface area contributed by atoms with E-state index in [0.717, 1.165) is 22.5 Å². The zero-order chi connectivity index (χ0) is 18.4. The molecular weight excluding hydrogens is 340 g/mol. The van der Waals surface area contributed by atoms with Crippen LogP contribution in [-0.4, -0.2) is 34.2 Å². The van der Waals surface area contributed by atoms with E-state index >= 15 is 0 Å². The maximum absolute atomic E-state index is 12.3. The van der Waals surface area contributed by atoms with Crippen molar-refractivity contribution in [2.75, 3.05) is 29.5 Å². The lowest BCUT2D eigenvalue weighted by atomic mass is 10.1. The van der Waals surface area contributed by atoms with Gasteiger partial charge < -0.3 is 10.1 Å². The number of ether oxygens (including phenoxy) is 1. The van der Waals surface area contributed by atoms with Crippen molar-refractivity contribution in [3.05, 3.63) is 54.1 Å². The van der Waals surface area contributed by atoms with Crippen LogP contribution in [0.4, 0.5) is 11.4 Å². The molecule has 0 heterocycles. The van der Waals surface area contributed by atoms with Crippen LogP contribution >= 0.6 is 0 Å². The highest BCUT2D eigenvalue weighted by Crippen LogP contribution is 2.23. The summed E-state index contributed by atoms with van der Waals surface area (Å²) in [7, 11) is -2.13. The number of nitrogens with one attached hydrogen (secondary N) is 1. The number of sulfonamides is 1. The smallest absolute Gasteiger partial charge is 0.245 e. The molecule has 6 nitrogen and oxygen atoms in total. The molecule has 2 aromatic carbocycles. The average molecular weight is 362 g/mol. The minimum Gasteiger partial charge on any atom is -0.497 e. The maximum Gasteiger partial charge on any atom is 0.245 e. The highest BCUT2D eigenvalue weighted by atomic mass is 32.2. The van der Waals surface area contributed by atoms with Crippen LogP contribution in [0.1, 0.15) is 12.5 Å². The standard InChI is InChI=1S/C18H22N2O4S/c1-4-14-8-10-15(11-9-14)19-18(21)13-20(25(3,22)23)16-6-5-7-17(12-16)24-2/h5-12H,4,13H2,1-3H3,(H,19,21). The second kappa shape index (κ2) is 8.02. The lowest BCUT2D eigenvalue weighted by molar-refractivity contribution is -0.114. The molecule has 0 spiro atoms. The van der Waals surface area contributed by atoms with Crippen molar-refractivity contribution in [1.29, 1.82) is 0 Å². The molecule has 0 aliphatic rings. The van der Waals surface area contributed by atoms with Gasteiger partial charge in [0.1, 0.15) is 12.3 Å². The summed E-state index contributed by atoms with van der Waals surface area (Å²) >= 11 is 0. The molecule has 0 aliphatic carbocycles. The zero-order valence-corrected chi connectivity index (χ0v) is 15.3. The van der Waals surface area contributed by atoms with Crippen LogP contribution < -0.4 is 14.4 Å². The fraction of sp³-hybridized carbons (Fsp3) is 0.278. The predicted molar refractivity (Wildman–Crippen MR) is 99.6 cm³/mol. The molecule has 1 amide bonds. The van der Waals surface area contributed by atoms with Crippen LogP contribution in [0.5, 0.6) is 5.75 Å². The third-order valence-corrected chi connectivity index (χ3v) is 4.82. The number of carbonyl (C=O) groups excluding carboxylic acids is 1. The summed E-state index contributed by atoms with van der Waals surface area (Å²) < 4.78 is 30.4. The largest absolute Gasteiger partial charge is 0.497 e. The van der Waals surface area contributed by atoms with Crippen molar-refractivity contribution in [2.45, 2.75) is 13.3 Å².